The number of nitrogens with zero attached hydrogens (tertiary/aromatic N) is 2. The quantitative estimate of drug-likeness (QED) is 0.314. The van der Waals surface area contributed by atoms with Crippen LogP contribution in [0.4, 0.5) is 4.79 Å². The Balaban J connectivity index is 5.00. The molecule has 0 fully saturated rings. The number of nitrogens with two attached hydrogens (primary N) is 2. The van der Waals surface area contributed by atoms with Crippen molar-refractivity contribution < 1.29 is 4.79 Å². The molecule has 0 saturated heterocycles. The predicted octanol–water partition coefficient (Wildman–Crippen LogP) is 1.49. The normalized spacial score (nSPS) is 16.9. The molecule has 0 radical (unpaired) electrons. The maximum absolute atomic E-state index is 11.2. The first-order valence-corrected chi connectivity index (χ1v) is 5.88. The maximum atomic E-state index is 11.2. The van der Waals surface area contributed by atoms with Gasteiger partial charge in [0, 0.05) is 6.04 Å². The lowest BCUT2D eigenvalue weighted by Crippen LogP contribution is -2.65. The first kappa shape index (κ1) is 15.2. The molecule has 0 rings (SSSR count). The van der Waals surface area contributed by atoms with Crippen LogP contribution in [0.15, 0.2) is 0 Å². The first-order valence-electron chi connectivity index (χ1n) is 5.88. The minimum absolute atomic E-state index is 0.349. The standard InChI is InChI=1S/C11H26N4O/c1-6-8-11(4,15(13)10(12)16)14(5)9(3)7-2/h9H,6-8,13H2,1-5H3,(H2,12,16). The summed E-state index contributed by atoms with van der Waals surface area (Å²) in [5, 5.41) is 1.14. The molecule has 0 aliphatic carbocycles. The molecule has 0 spiro atoms. The highest BCUT2D eigenvalue weighted by atomic mass is 16.2. The Morgan fingerprint density at radius 2 is 1.94 bits per heavy atom. The summed E-state index contributed by atoms with van der Waals surface area (Å²) < 4.78 is 0. The summed E-state index contributed by atoms with van der Waals surface area (Å²) in [4.78, 5) is 13.3. The SMILES string of the molecule is CCCC(C)(N(N)C(N)=O)N(C)C(C)CC. The van der Waals surface area contributed by atoms with E-state index in [1.54, 1.807) is 0 Å². The topological polar surface area (TPSA) is 75.6 Å². The van der Waals surface area contributed by atoms with Crippen molar-refractivity contribution in [2.24, 2.45) is 11.6 Å². The van der Waals surface area contributed by atoms with Crippen molar-refractivity contribution >= 4 is 6.03 Å². The molecule has 0 aliphatic heterocycles. The van der Waals surface area contributed by atoms with E-state index in [2.05, 4.69) is 25.7 Å². The zero-order chi connectivity index (χ0) is 12.9. The monoisotopic (exact) mass is 230 g/mol. The Morgan fingerprint density at radius 1 is 1.44 bits per heavy atom. The van der Waals surface area contributed by atoms with Gasteiger partial charge >= 0.3 is 6.03 Å². The fraction of sp³-hybridized carbons (Fsp3) is 0.909. The van der Waals surface area contributed by atoms with E-state index in [9.17, 15) is 4.79 Å². The maximum Gasteiger partial charge on any atom is 0.330 e. The highest BCUT2D eigenvalue weighted by Gasteiger charge is 2.37. The summed E-state index contributed by atoms with van der Waals surface area (Å²) >= 11 is 0. The molecule has 0 bridgehead atoms. The van der Waals surface area contributed by atoms with Crippen molar-refractivity contribution in [1.29, 1.82) is 0 Å². The Labute approximate surface area is 98.7 Å². The highest BCUT2D eigenvalue weighted by molar-refractivity contribution is 5.72. The molecule has 0 aromatic carbocycles. The van der Waals surface area contributed by atoms with Gasteiger partial charge in [0.1, 0.15) is 5.66 Å². The van der Waals surface area contributed by atoms with Crippen LogP contribution in [0.5, 0.6) is 0 Å². The van der Waals surface area contributed by atoms with Crippen molar-refractivity contribution in [3.05, 3.63) is 0 Å². The Bertz CT molecular complexity index is 234. The van der Waals surface area contributed by atoms with E-state index in [4.69, 9.17) is 11.6 Å². The molecule has 0 saturated carbocycles. The lowest BCUT2D eigenvalue weighted by molar-refractivity contribution is -0.0316. The van der Waals surface area contributed by atoms with Crippen LogP contribution < -0.4 is 11.6 Å². The third kappa shape index (κ3) is 3.09. The van der Waals surface area contributed by atoms with Crippen LogP contribution in [0.2, 0.25) is 0 Å². The lowest BCUT2D eigenvalue weighted by atomic mass is 10.0. The van der Waals surface area contributed by atoms with Gasteiger partial charge in [0.2, 0.25) is 0 Å². The molecule has 2 atom stereocenters. The first-order chi connectivity index (χ1) is 7.31. The van der Waals surface area contributed by atoms with Crippen molar-refractivity contribution in [3.8, 4) is 0 Å². The van der Waals surface area contributed by atoms with Crippen LogP contribution in [0.1, 0.15) is 47.0 Å². The largest absolute Gasteiger partial charge is 0.350 e. The number of amides is 2. The van der Waals surface area contributed by atoms with Crippen LogP contribution >= 0.6 is 0 Å². The average Bonchev–Trinajstić information content (AvgIpc) is 2.25. The van der Waals surface area contributed by atoms with Gasteiger partial charge in [-0.2, -0.15) is 0 Å². The molecule has 0 heterocycles. The van der Waals surface area contributed by atoms with Gasteiger partial charge in [-0.15, -0.1) is 0 Å². The minimum atomic E-state index is -0.592. The molecule has 16 heavy (non-hydrogen) atoms. The second-order valence-corrected chi connectivity index (χ2v) is 4.54. The number of carbonyl (C=O) groups is 1. The zero-order valence-corrected chi connectivity index (χ0v) is 11.2. The third-order valence-electron chi connectivity index (χ3n) is 3.49. The van der Waals surface area contributed by atoms with Gasteiger partial charge < -0.3 is 5.73 Å². The molecule has 0 aliphatic rings. The number of hydrazine groups is 1. The molecular formula is C11H26N4O. The van der Waals surface area contributed by atoms with Crippen molar-refractivity contribution in [2.45, 2.75) is 58.7 Å². The number of primary amides is 1. The van der Waals surface area contributed by atoms with Gasteiger partial charge in [-0.3, -0.25) is 4.90 Å². The molecule has 2 unspecified atom stereocenters. The number of carbonyl (C=O) groups excluding carboxylic acids is 1. The number of hydrogen-bond acceptors (Lipinski definition) is 3. The van der Waals surface area contributed by atoms with Crippen LogP contribution in [-0.4, -0.2) is 34.7 Å². The van der Waals surface area contributed by atoms with Gasteiger partial charge in [-0.25, -0.2) is 15.6 Å². The molecule has 96 valence electrons. The summed E-state index contributed by atoms with van der Waals surface area (Å²) in [6.45, 7) is 8.24. The van der Waals surface area contributed by atoms with E-state index in [0.717, 1.165) is 24.3 Å². The molecule has 4 N–H and O–H groups in total. The van der Waals surface area contributed by atoms with Gasteiger partial charge in [0.05, 0.1) is 0 Å². The number of rotatable bonds is 6. The molecular weight excluding hydrogens is 204 g/mol. The summed E-state index contributed by atoms with van der Waals surface area (Å²) in [6, 6.07) is -0.243. The zero-order valence-electron chi connectivity index (χ0n) is 11.2. The number of urea groups is 1. The Kier molecular flexibility index (Phi) is 5.75. The average molecular weight is 230 g/mol. The van der Waals surface area contributed by atoms with E-state index in [1.165, 1.54) is 0 Å². The van der Waals surface area contributed by atoms with Crippen molar-refractivity contribution in [2.75, 3.05) is 7.05 Å². The smallest absolute Gasteiger partial charge is 0.330 e. The second-order valence-electron chi connectivity index (χ2n) is 4.54. The molecule has 2 amide bonds. The van der Waals surface area contributed by atoms with Crippen LogP contribution in [0, 0.1) is 0 Å². The second kappa shape index (κ2) is 6.06. The summed E-state index contributed by atoms with van der Waals surface area (Å²) in [6.07, 6.45) is 2.74. The van der Waals surface area contributed by atoms with Gasteiger partial charge in [0.25, 0.3) is 0 Å². The summed E-state index contributed by atoms with van der Waals surface area (Å²) in [5.41, 5.74) is 4.75. The van der Waals surface area contributed by atoms with E-state index in [1.807, 2.05) is 14.0 Å². The molecule has 0 aromatic heterocycles. The van der Waals surface area contributed by atoms with Gasteiger partial charge in [0.15, 0.2) is 0 Å². The van der Waals surface area contributed by atoms with Crippen molar-refractivity contribution in [3.63, 3.8) is 0 Å². The third-order valence-corrected chi connectivity index (χ3v) is 3.49. The van der Waals surface area contributed by atoms with E-state index < -0.39 is 11.7 Å². The van der Waals surface area contributed by atoms with Crippen molar-refractivity contribution in [1.82, 2.24) is 9.91 Å². The fourth-order valence-electron chi connectivity index (χ4n) is 1.93. The van der Waals surface area contributed by atoms with Gasteiger partial charge in [-0.1, -0.05) is 20.3 Å². The molecule has 5 nitrogen and oxygen atoms in total. The Morgan fingerprint density at radius 3 is 2.25 bits per heavy atom. The fourth-order valence-corrected chi connectivity index (χ4v) is 1.93. The predicted molar refractivity (Wildman–Crippen MR) is 66.4 cm³/mol. The summed E-state index contributed by atoms with van der Waals surface area (Å²) in [7, 11) is 1.98. The lowest BCUT2D eigenvalue weighted by Gasteiger charge is -2.46. The van der Waals surface area contributed by atoms with E-state index in [0.29, 0.717) is 6.04 Å². The van der Waals surface area contributed by atoms with Gasteiger partial charge in [-0.05, 0) is 33.7 Å². The minimum Gasteiger partial charge on any atom is -0.350 e. The van der Waals surface area contributed by atoms with E-state index in [-0.39, 0.29) is 0 Å². The van der Waals surface area contributed by atoms with E-state index >= 15 is 0 Å². The highest BCUT2D eigenvalue weighted by Crippen LogP contribution is 2.25. The molecule has 5 heteroatoms. The summed E-state index contributed by atoms with van der Waals surface area (Å²) in [5.74, 6) is 5.79. The number of hydrogen-bond donors (Lipinski definition) is 2. The molecule has 0 aromatic rings. The van der Waals surface area contributed by atoms with Crippen LogP contribution in [0.3, 0.4) is 0 Å². The Hall–Kier alpha value is -0.810. The van der Waals surface area contributed by atoms with Crippen LogP contribution in [0.25, 0.3) is 0 Å². The van der Waals surface area contributed by atoms with Crippen LogP contribution in [-0.2, 0) is 0 Å².